The Labute approximate surface area is 99.9 Å². The van der Waals surface area contributed by atoms with Gasteiger partial charge in [0, 0.05) is 6.07 Å². The van der Waals surface area contributed by atoms with E-state index in [0.29, 0.717) is 11.7 Å². The van der Waals surface area contributed by atoms with Crippen molar-refractivity contribution in [2.24, 2.45) is 0 Å². The lowest BCUT2D eigenvalue weighted by Gasteiger charge is -2.24. The van der Waals surface area contributed by atoms with Crippen LogP contribution in [0.15, 0.2) is 18.2 Å². The van der Waals surface area contributed by atoms with Crippen LogP contribution in [0.1, 0.15) is 24.3 Å². The van der Waals surface area contributed by atoms with Gasteiger partial charge in [-0.2, -0.15) is 0 Å². The monoisotopic (exact) mass is 236 g/mol. The summed E-state index contributed by atoms with van der Waals surface area (Å²) < 4.78 is 5.26. The van der Waals surface area contributed by atoms with Crippen LogP contribution in [0.2, 0.25) is 0 Å². The molecule has 1 saturated heterocycles. The minimum absolute atomic E-state index is 0.0829. The molecule has 1 aromatic carbocycles. The minimum atomic E-state index is -0.394. The first-order chi connectivity index (χ1) is 8.22. The number of nitrogens with one attached hydrogen (secondary N) is 1. The number of nitrogens with zero attached hydrogens (tertiary/aromatic N) is 1. The molecule has 0 amide bonds. The summed E-state index contributed by atoms with van der Waals surface area (Å²) in [5.41, 5.74) is 1.17. The molecule has 92 valence electrons. The number of nitro benzene ring substituents is 1. The third-order valence-corrected chi connectivity index (χ3v) is 3.21. The molecule has 0 aromatic heterocycles. The van der Waals surface area contributed by atoms with Gasteiger partial charge >= 0.3 is 0 Å². The van der Waals surface area contributed by atoms with Gasteiger partial charge in [0.25, 0.3) is 5.69 Å². The van der Waals surface area contributed by atoms with Crippen LogP contribution in [0.4, 0.5) is 5.69 Å². The molecular weight excluding hydrogens is 220 g/mol. The number of ether oxygens (including phenoxy) is 1. The third-order valence-electron chi connectivity index (χ3n) is 3.21. The lowest BCUT2D eigenvalue weighted by molar-refractivity contribution is -0.384. The van der Waals surface area contributed by atoms with Gasteiger partial charge in [-0.15, -0.1) is 0 Å². The highest BCUT2D eigenvalue weighted by Gasteiger charge is 2.20. The van der Waals surface area contributed by atoms with Gasteiger partial charge in [-0.25, -0.2) is 0 Å². The minimum Gasteiger partial charge on any atom is -0.496 e. The molecule has 1 heterocycles. The fourth-order valence-electron chi connectivity index (χ4n) is 2.28. The third kappa shape index (κ3) is 2.55. The second kappa shape index (κ2) is 5.14. The largest absolute Gasteiger partial charge is 0.496 e. The summed E-state index contributed by atoms with van der Waals surface area (Å²) >= 11 is 0. The standard InChI is InChI=1S/C12H16N2O3/c1-17-12-8-10(14(15)16)2-3-11(12)9-4-6-13-7-5-9/h2-3,8-9,13H,4-7H2,1H3. The van der Waals surface area contributed by atoms with Crippen LogP contribution in [0, 0.1) is 10.1 Å². The Bertz CT molecular complexity index is 414. The van der Waals surface area contributed by atoms with Gasteiger partial charge in [0.15, 0.2) is 0 Å². The summed E-state index contributed by atoms with van der Waals surface area (Å²) in [7, 11) is 1.56. The van der Waals surface area contributed by atoms with E-state index in [1.807, 2.05) is 6.07 Å². The Kier molecular flexibility index (Phi) is 3.58. The van der Waals surface area contributed by atoms with Gasteiger partial charge in [-0.1, -0.05) is 0 Å². The number of piperidine rings is 1. The molecule has 0 spiro atoms. The van der Waals surface area contributed by atoms with Crippen molar-refractivity contribution in [1.82, 2.24) is 5.32 Å². The Balaban J connectivity index is 2.29. The smallest absolute Gasteiger partial charge is 0.273 e. The zero-order chi connectivity index (χ0) is 12.3. The molecule has 0 atom stereocenters. The lowest BCUT2D eigenvalue weighted by Crippen LogP contribution is -2.26. The Morgan fingerprint density at radius 1 is 1.41 bits per heavy atom. The average Bonchev–Trinajstić information content (AvgIpc) is 2.39. The maximum Gasteiger partial charge on any atom is 0.273 e. The second-order valence-electron chi connectivity index (χ2n) is 4.21. The SMILES string of the molecule is COc1cc([N+](=O)[O-])ccc1C1CCNCC1. The van der Waals surface area contributed by atoms with E-state index in [1.54, 1.807) is 13.2 Å². The molecule has 1 aliphatic rings. The number of rotatable bonds is 3. The van der Waals surface area contributed by atoms with E-state index < -0.39 is 4.92 Å². The molecule has 5 heteroatoms. The second-order valence-corrected chi connectivity index (χ2v) is 4.21. The molecule has 1 N–H and O–H groups in total. The van der Waals surface area contributed by atoms with Crippen molar-refractivity contribution >= 4 is 5.69 Å². The van der Waals surface area contributed by atoms with Crippen molar-refractivity contribution in [3.05, 3.63) is 33.9 Å². The van der Waals surface area contributed by atoms with E-state index in [-0.39, 0.29) is 5.69 Å². The fourth-order valence-corrected chi connectivity index (χ4v) is 2.28. The molecule has 1 aromatic rings. The van der Waals surface area contributed by atoms with E-state index in [9.17, 15) is 10.1 Å². The molecule has 1 aliphatic heterocycles. The van der Waals surface area contributed by atoms with Crippen molar-refractivity contribution in [2.45, 2.75) is 18.8 Å². The topological polar surface area (TPSA) is 64.4 Å². The van der Waals surface area contributed by atoms with E-state index in [2.05, 4.69) is 5.32 Å². The highest BCUT2D eigenvalue weighted by atomic mass is 16.6. The molecule has 5 nitrogen and oxygen atoms in total. The molecule has 1 fully saturated rings. The first kappa shape index (κ1) is 11.9. The molecule has 0 bridgehead atoms. The summed E-state index contributed by atoms with van der Waals surface area (Å²) in [4.78, 5) is 10.3. The molecular formula is C12H16N2O3. The number of methoxy groups -OCH3 is 1. The van der Waals surface area contributed by atoms with Crippen molar-refractivity contribution in [2.75, 3.05) is 20.2 Å². The van der Waals surface area contributed by atoms with Gasteiger partial charge in [-0.05, 0) is 43.5 Å². The lowest BCUT2D eigenvalue weighted by atomic mass is 9.89. The number of nitro groups is 1. The van der Waals surface area contributed by atoms with Gasteiger partial charge in [0.1, 0.15) is 5.75 Å². The van der Waals surface area contributed by atoms with Gasteiger partial charge < -0.3 is 10.1 Å². The van der Waals surface area contributed by atoms with Crippen LogP contribution >= 0.6 is 0 Å². The first-order valence-corrected chi connectivity index (χ1v) is 5.75. The summed E-state index contributed by atoms with van der Waals surface area (Å²) in [5, 5.41) is 14.0. The highest BCUT2D eigenvalue weighted by molar-refractivity contribution is 5.46. The molecule has 0 aliphatic carbocycles. The number of non-ortho nitro benzene ring substituents is 1. The van der Waals surface area contributed by atoms with Crippen LogP contribution in [-0.2, 0) is 0 Å². The Morgan fingerprint density at radius 2 is 2.12 bits per heavy atom. The number of hydrogen-bond donors (Lipinski definition) is 1. The Hall–Kier alpha value is -1.62. The summed E-state index contributed by atoms with van der Waals surface area (Å²) in [6, 6.07) is 4.89. The maximum absolute atomic E-state index is 10.7. The molecule has 0 saturated carbocycles. The molecule has 17 heavy (non-hydrogen) atoms. The summed E-state index contributed by atoms with van der Waals surface area (Å²) in [6.45, 7) is 1.98. The van der Waals surface area contributed by atoms with Crippen LogP contribution in [0.25, 0.3) is 0 Å². The van der Waals surface area contributed by atoms with E-state index in [4.69, 9.17) is 4.74 Å². The van der Waals surface area contributed by atoms with Gasteiger partial charge in [-0.3, -0.25) is 10.1 Å². The summed E-state index contributed by atoms with van der Waals surface area (Å²) in [6.07, 6.45) is 2.10. The van der Waals surface area contributed by atoms with Crippen molar-refractivity contribution in [1.29, 1.82) is 0 Å². The zero-order valence-electron chi connectivity index (χ0n) is 9.81. The van der Waals surface area contributed by atoms with E-state index in [1.165, 1.54) is 6.07 Å². The highest BCUT2D eigenvalue weighted by Crippen LogP contribution is 2.34. The predicted octanol–water partition coefficient (Wildman–Crippen LogP) is 2.07. The quantitative estimate of drug-likeness (QED) is 0.644. The van der Waals surface area contributed by atoms with Gasteiger partial charge in [0.2, 0.25) is 0 Å². The Morgan fingerprint density at radius 3 is 2.71 bits per heavy atom. The van der Waals surface area contributed by atoms with Crippen molar-refractivity contribution in [3.63, 3.8) is 0 Å². The number of benzene rings is 1. The fraction of sp³-hybridized carbons (Fsp3) is 0.500. The zero-order valence-corrected chi connectivity index (χ0v) is 9.81. The average molecular weight is 236 g/mol. The maximum atomic E-state index is 10.7. The van der Waals surface area contributed by atoms with Crippen LogP contribution in [0.5, 0.6) is 5.75 Å². The van der Waals surface area contributed by atoms with E-state index in [0.717, 1.165) is 31.5 Å². The molecule has 0 radical (unpaired) electrons. The van der Waals surface area contributed by atoms with E-state index >= 15 is 0 Å². The van der Waals surface area contributed by atoms with Crippen LogP contribution < -0.4 is 10.1 Å². The van der Waals surface area contributed by atoms with Crippen molar-refractivity contribution < 1.29 is 9.66 Å². The molecule has 2 rings (SSSR count). The van der Waals surface area contributed by atoms with Crippen molar-refractivity contribution in [3.8, 4) is 5.75 Å². The predicted molar refractivity (Wildman–Crippen MR) is 64.5 cm³/mol. The molecule has 0 unspecified atom stereocenters. The van der Waals surface area contributed by atoms with Crippen LogP contribution in [0.3, 0.4) is 0 Å². The first-order valence-electron chi connectivity index (χ1n) is 5.75. The van der Waals surface area contributed by atoms with Gasteiger partial charge in [0.05, 0.1) is 18.1 Å². The normalized spacial score (nSPS) is 16.8. The number of hydrogen-bond acceptors (Lipinski definition) is 4. The summed E-state index contributed by atoms with van der Waals surface area (Å²) in [5.74, 6) is 1.07. The van der Waals surface area contributed by atoms with Crippen LogP contribution in [-0.4, -0.2) is 25.1 Å².